The zero-order valence-corrected chi connectivity index (χ0v) is 16.0. The van der Waals surface area contributed by atoms with Crippen molar-refractivity contribution in [3.63, 3.8) is 0 Å². The van der Waals surface area contributed by atoms with Crippen molar-refractivity contribution in [2.24, 2.45) is 0 Å². The molecule has 0 bridgehead atoms. The number of thioether (sulfide) groups is 1. The van der Waals surface area contributed by atoms with Gasteiger partial charge in [-0.3, -0.25) is 4.79 Å². The third kappa shape index (κ3) is 4.85. The Bertz CT molecular complexity index is 722. The Hall–Kier alpha value is -1.80. The van der Waals surface area contributed by atoms with Crippen molar-refractivity contribution in [2.75, 3.05) is 24.7 Å². The molecule has 0 aliphatic carbocycles. The van der Waals surface area contributed by atoms with E-state index in [9.17, 15) is 4.79 Å². The number of aromatic nitrogens is 2. The summed E-state index contributed by atoms with van der Waals surface area (Å²) in [5, 5.41) is 12.2. The number of anilines is 2. The van der Waals surface area contributed by atoms with E-state index >= 15 is 0 Å². The van der Waals surface area contributed by atoms with Crippen molar-refractivity contribution in [2.45, 2.75) is 36.6 Å². The summed E-state index contributed by atoms with van der Waals surface area (Å²) in [5.41, 5.74) is 0.894. The van der Waals surface area contributed by atoms with Gasteiger partial charge in [-0.05, 0) is 38.3 Å². The van der Waals surface area contributed by atoms with Gasteiger partial charge in [-0.25, -0.2) is 0 Å². The molecule has 134 valence electrons. The standard InChI is InChI=1S/C17H22N4O2S2/c1-12-6-3-4-9-21(12)15(22)11-24-17-20-19-16(25-17)18-13-7-5-8-14(10-13)23-2/h5,7-8,10,12H,3-4,6,9,11H2,1-2H3,(H,18,19)/t12-/m1/s1. The number of ether oxygens (including phenoxy) is 1. The first-order chi connectivity index (χ1) is 12.2. The molecular weight excluding hydrogens is 356 g/mol. The summed E-state index contributed by atoms with van der Waals surface area (Å²) in [6, 6.07) is 7.99. The molecule has 1 aromatic carbocycles. The number of carbonyl (C=O) groups is 1. The summed E-state index contributed by atoms with van der Waals surface area (Å²) in [6.45, 7) is 3.00. The smallest absolute Gasteiger partial charge is 0.233 e. The lowest BCUT2D eigenvalue weighted by Gasteiger charge is -2.33. The summed E-state index contributed by atoms with van der Waals surface area (Å²) in [7, 11) is 1.64. The van der Waals surface area contributed by atoms with Gasteiger partial charge in [0.2, 0.25) is 11.0 Å². The highest BCUT2D eigenvalue weighted by Gasteiger charge is 2.23. The predicted molar refractivity (Wildman–Crippen MR) is 102 cm³/mol. The SMILES string of the molecule is COc1cccc(Nc2nnc(SCC(=O)N3CCCC[C@H]3C)s2)c1. The molecule has 0 saturated carbocycles. The molecule has 1 atom stereocenters. The van der Waals surface area contributed by atoms with Crippen molar-refractivity contribution in [1.29, 1.82) is 0 Å². The first-order valence-electron chi connectivity index (χ1n) is 8.32. The average molecular weight is 379 g/mol. The molecule has 3 rings (SSSR count). The lowest BCUT2D eigenvalue weighted by Crippen LogP contribution is -2.42. The van der Waals surface area contributed by atoms with Crippen LogP contribution in [0.1, 0.15) is 26.2 Å². The Balaban J connectivity index is 1.53. The topological polar surface area (TPSA) is 67.3 Å². The van der Waals surface area contributed by atoms with Gasteiger partial charge in [-0.15, -0.1) is 10.2 Å². The molecule has 8 heteroatoms. The second-order valence-electron chi connectivity index (χ2n) is 5.95. The molecule has 25 heavy (non-hydrogen) atoms. The molecule has 1 aliphatic rings. The van der Waals surface area contributed by atoms with Gasteiger partial charge in [-0.1, -0.05) is 29.2 Å². The van der Waals surface area contributed by atoms with E-state index in [2.05, 4.69) is 22.4 Å². The van der Waals surface area contributed by atoms with Gasteiger partial charge >= 0.3 is 0 Å². The van der Waals surface area contributed by atoms with Crippen molar-refractivity contribution >= 4 is 39.8 Å². The molecule has 2 heterocycles. The molecule has 1 saturated heterocycles. The van der Waals surface area contributed by atoms with Crippen LogP contribution in [0.5, 0.6) is 5.75 Å². The summed E-state index contributed by atoms with van der Waals surface area (Å²) in [6.07, 6.45) is 3.42. The molecule has 0 radical (unpaired) electrons. The lowest BCUT2D eigenvalue weighted by molar-refractivity contribution is -0.131. The van der Waals surface area contributed by atoms with Crippen molar-refractivity contribution in [3.05, 3.63) is 24.3 Å². The van der Waals surface area contributed by atoms with Gasteiger partial charge in [0.1, 0.15) is 5.75 Å². The van der Waals surface area contributed by atoms with Crippen LogP contribution in [0.2, 0.25) is 0 Å². The molecule has 6 nitrogen and oxygen atoms in total. The van der Waals surface area contributed by atoms with E-state index in [4.69, 9.17) is 4.74 Å². The average Bonchev–Trinajstić information content (AvgIpc) is 3.07. The number of nitrogens with zero attached hydrogens (tertiary/aromatic N) is 3. The van der Waals surface area contributed by atoms with Gasteiger partial charge < -0.3 is 15.0 Å². The van der Waals surface area contributed by atoms with E-state index in [-0.39, 0.29) is 5.91 Å². The van der Waals surface area contributed by atoms with Gasteiger partial charge in [0.25, 0.3) is 0 Å². The zero-order chi connectivity index (χ0) is 17.6. The number of carbonyl (C=O) groups excluding carboxylic acids is 1. The highest BCUT2D eigenvalue weighted by atomic mass is 32.2. The van der Waals surface area contributed by atoms with Crippen molar-refractivity contribution < 1.29 is 9.53 Å². The van der Waals surface area contributed by atoms with E-state index < -0.39 is 0 Å². The lowest BCUT2D eigenvalue weighted by atomic mass is 10.0. The first-order valence-corrected chi connectivity index (χ1v) is 10.1. The zero-order valence-electron chi connectivity index (χ0n) is 14.4. The van der Waals surface area contributed by atoms with Gasteiger partial charge in [0, 0.05) is 24.3 Å². The fraction of sp³-hybridized carbons (Fsp3) is 0.471. The largest absolute Gasteiger partial charge is 0.497 e. The molecule has 1 aliphatic heterocycles. The molecule has 1 amide bonds. The van der Waals surface area contributed by atoms with Crippen LogP contribution in [0.15, 0.2) is 28.6 Å². The number of methoxy groups -OCH3 is 1. The minimum atomic E-state index is 0.190. The minimum Gasteiger partial charge on any atom is -0.497 e. The fourth-order valence-electron chi connectivity index (χ4n) is 2.82. The normalized spacial score (nSPS) is 17.4. The maximum Gasteiger partial charge on any atom is 0.233 e. The first kappa shape index (κ1) is 18.0. The summed E-state index contributed by atoms with van der Waals surface area (Å²) in [4.78, 5) is 14.4. The van der Waals surface area contributed by atoms with Crippen LogP contribution in [-0.2, 0) is 4.79 Å². The van der Waals surface area contributed by atoms with E-state index in [1.54, 1.807) is 7.11 Å². The molecule has 1 fully saturated rings. The van der Waals surface area contributed by atoms with Crippen LogP contribution in [-0.4, -0.2) is 46.5 Å². The van der Waals surface area contributed by atoms with E-state index in [0.29, 0.717) is 16.9 Å². The molecule has 1 N–H and O–H groups in total. The monoisotopic (exact) mass is 378 g/mol. The van der Waals surface area contributed by atoms with Crippen molar-refractivity contribution in [3.8, 4) is 5.75 Å². The third-order valence-electron chi connectivity index (χ3n) is 4.17. The predicted octanol–water partition coefficient (Wildman–Crippen LogP) is 3.78. The fourth-order valence-corrected chi connectivity index (χ4v) is 4.48. The highest BCUT2D eigenvalue weighted by Crippen LogP contribution is 2.29. The molecular formula is C17H22N4O2S2. The van der Waals surface area contributed by atoms with E-state index in [0.717, 1.165) is 35.2 Å². The van der Waals surface area contributed by atoms with Crippen LogP contribution >= 0.6 is 23.1 Å². The van der Waals surface area contributed by atoms with E-state index in [1.165, 1.54) is 29.5 Å². The number of nitrogens with one attached hydrogen (secondary N) is 1. The Morgan fingerprint density at radius 3 is 3.12 bits per heavy atom. The van der Waals surface area contributed by atoms with Gasteiger partial charge in [0.05, 0.1) is 12.9 Å². The number of rotatable bonds is 6. The quantitative estimate of drug-likeness (QED) is 0.772. The molecule has 1 aromatic heterocycles. The van der Waals surface area contributed by atoms with Crippen LogP contribution < -0.4 is 10.1 Å². The van der Waals surface area contributed by atoms with Crippen LogP contribution in [0.25, 0.3) is 0 Å². The second-order valence-corrected chi connectivity index (χ2v) is 8.15. The number of piperidine rings is 1. The Morgan fingerprint density at radius 2 is 2.32 bits per heavy atom. The Morgan fingerprint density at radius 1 is 1.44 bits per heavy atom. The maximum absolute atomic E-state index is 12.4. The number of hydrogen-bond acceptors (Lipinski definition) is 7. The second kappa shape index (κ2) is 8.53. The van der Waals surface area contributed by atoms with Gasteiger partial charge in [0.15, 0.2) is 4.34 Å². The van der Waals surface area contributed by atoms with Crippen LogP contribution in [0.4, 0.5) is 10.8 Å². The number of likely N-dealkylation sites (tertiary alicyclic amines) is 1. The summed E-state index contributed by atoms with van der Waals surface area (Å²) in [5.74, 6) is 1.39. The number of benzene rings is 1. The third-order valence-corrected chi connectivity index (χ3v) is 6.13. The van der Waals surface area contributed by atoms with Crippen LogP contribution in [0.3, 0.4) is 0 Å². The van der Waals surface area contributed by atoms with Gasteiger partial charge in [-0.2, -0.15) is 0 Å². The van der Waals surface area contributed by atoms with Crippen LogP contribution in [0, 0.1) is 0 Å². The highest BCUT2D eigenvalue weighted by molar-refractivity contribution is 8.01. The van der Waals surface area contributed by atoms with E-state index in [1.807, 2.05) is 29.2 Å². The maximum atomic E-state index is 12.4. The molecule has 2 aromatic rings. The molecule has 0 unspecified atom stereocenters. The number of hydrogen-bond donors (Lipinski definition) is 1. The summed E-state index contributed by atoms with van der Waals surface area (Å²) < 4.78 is 6.00. The minimum absolute atomic E-state index is 0.190. The Kier molecular flexibility index (Phi) is 6.14. The number of amides is 1. The molecule has 0 spiro atoms. The Labute approximate surface area is 156 Å². The summed E-state index contributed by atoms with van der Waals surface area (Å²) >= 11 is 2.90. The van der Waals surface area contributed by atoms with Crippen molar-refractivity contribution in [1.82, 2.24) is 15.1 Å².